The summed E-state index contributed by atoms with van der Waals surface area (Å²) in [6, 6.07) is 16.5. The number of halogens is 1. The van der Waals surface area contributed by atoms with Crippen molar-refractivity contribution in [1.82, 2.24) is 0 Å². The number of anilines is 1. The van der Waals surface area contributed by atoms with Crippen molar-refractivity contribution in [1.29, 1.82) is 0 Å². The van der Waals surface area contributed by atoms with Gasteiger partial charge in [-0.25, -0.2) is 0 Å². The summed E-state index contributed by atoms with van der Waals surface area (Å²) in [6.45, 7) is 2.86. The molecule has 1 unspecified atom stereocenters. The molecule has 0 fully saturated rings. The molecule has 2 nitrogen and oxygen atoms in total. The van der Waals surface area contributed by atoms with Gasteiger partial charge in [0.15, 0.2) is 0 Å². The van der Waals surface area contributed by atoms with Gasteiger partial charge in [-0.05, 0) is 42.7 Å². The van der Waals surface area contributed by atoms with Gasteiger partial charge in [0.2, 0.25) is 0 Å². The van der Waals surface area contributed by atoms with E-state index in [0.717, 1.165) is 23.7 Å². The Bertz CT molecular complexity index is 556. The third kappa shape index (κ3) is 3.99. The summed E-state index contributed by atoms with van der Waals surface area (Å²) in [7, 11) is 1.73. The molecule has 0 aliphatic carbocycles. The molecular formula is C17H20ClNO. The van der Waals surface area contributed by atoms with Crippen molar-refractivity contribution in [3.63, 3.8) is 0 Å². The van der Waals surface area contributed by atoms with E-state index in [2.05, 4.69) is 36.5 Å². The van der Waals surface area contributed by atoms with Gasteiger partial charge in [0.05, 0.1) is 6.61 Å². The molecule has 2 aromatic rings. The molecule has 2 aromatic carbocycles. The Morgan fingerprint density at radius 3 is 2.70 bits per heavy atom. The van der Waals surface area contributed by atoms with Gasteiger partial charge in [-0.3, -0.25) is 0 Å². The van der Waals surface area contributed by atoms with Crippen LogP contribution in [0, 0.1) is 0 Å². The molecule has 0 saturated carbocycles. The molecule has 0 heterocycles. The average molecular weight is 290 g/mol. The fraction of sp³-hybridized carbons (Fsp3) is 0.294. The summed E-state index contributed by atoms with van der Waals surface area (Å²) in [5.41, 5.74) is 3.60. The minimum atomic E-state index is 0.206. The van der Waals surface area contributed by atoms with Crippen LogP contribution in [0.1, 0.15) is 24.1 Å². The average Bonchev–Trinajstić information content (AvgIpc) is 2.46. The Labute approximate surface area is 125 Å². The molecule has 0 saturated heterocycles. The molecule has 0 spiro atoms. The Morgan fingerprint density at radius 1 is 1.15 bits per heavy atom. The molecule has 3 heteroatoms. The Morgan fingerprint density at radius 2 is 1.95 bits per heavy atom. The summed E-state index contributed by atoms with van der Waals surface area (Å²) < 4.78 is 5.16. The van der Waals surface area contributed by atoms with Crippen LogP contribution in [0.25, 0.3) is 0 Å². The van der Waals surface area contributed by atoms with Crippen LogP contribution in [0.15, 0.2) is 48.5 Å². The van der Waals surface area contributed by atoms with Crippen molar-refractivity contribution in [3.05, 3.63) is 64.7 Å². The predicted octanol–water partition coefficient (Wildman–Crippen LogP) is 4.70. The van der Waals surface area contributed by atoms with Gasteiger partial charge in [-0.15, -0.1) is 0 Å². The third-order valence-electron chi connectivity index (χ3n) is 3.31. The first-order chi connectivity index (χ1) is 9.70. The summed E-state index contributed by atoms with van der Waals surface area (Å²) in [6.07, 6.45) is 0.905. The fourth-order valence-corrected chi connectivity index (χ4v) is 2.38. The zero-order valence-electron chi connectivity index (χ0n) is 11.9. The molecule has 0 aliphatic heterocycles. The van der Waals surface area contributed by atoms with Crippen molar-refractivity contribution >= 4 is 17.3 Å². The van der Waals surface area contributed by atoms with Crippen LogP contribution in [0.4, 0.5) is 5.69 Å². The molecule has 0 amide bonds. The summed E-state index contributed by atoms with van der Waals surface area (Å²) in [4.78, 5) is 0. The maximum Gasteiger partial charge on any atom is 0.0503 e. The monoisotopic (exact) mass is 289 g/mol. The lowest BCUT2D eigenvalue weighted by Gasteiger charge is -2.18. The van der Waals surface area contributed by atoms with Crippen molar-refractivity contribution in [2.45, 2.75) is 19.4 Å². The lowest BCUT2D eigenvalue weighted by Crippen LogP contribution is -2.09. The fourth-order valence-electron chi connectivity index (χ4n) is 2.18. The Kier molecular flexibility index (Phi) is 5.45. The van der Waals surface area contributed by atoms with E-state index in [9.17, 15) is 0 Å². The largest absolute Gasteiger partial charge is 0.384 e. The van der Waals surface area contributed by atoms with E-state index >= 15 is 0 Å². The first kappa shape index (κ1) is 14.9. The number of benzene rings is 2. The minimum Gasteiger partial charge on any atom is -0.384 e. The second-order valence-electron chi connectivity index (χ2n) is 4.82. The van der Waals surface area contributed by atoms with Gasteiger partial charge < -0.3 is 10.1 Å². The van der Waals surface area contributed by atoms with Gasteiger partial charge in [0, 0.05) is 23.9 Å². The number of hydrogen-bond acceptors (Lipinski definition) is 2. The van der Waals surface area contributed by atoms with Gasteiger partial charge in [0.25, 0.3) is 0 Å². The SMILES string of the molecule is COCCc1ccccc1NC(C)c1cccc(Cl)c1. The summed E-state index contributed by atoms with van der Waals surface area (Å²) in [5.74, 6) is 0. The predicted molar refractivity (Wildman–Crippen MR) is 85.5 cm³/mol. The molecular weight excluding hydrogens is 270 g/mol. The second-order valence-corrected chi connectivity index (χ2v) is 5.26. The molecule has 0 radical (unpaired) electrons. The number of hydrogen-bond donors (Lipinski definition) is 1. The molecule has 1 atom stereocenters. The van der Waals surface area contributed by atoms with E-state index in [1.807, 2.05) is 24.3 Å². The van der Waals surface area contributed by atoms with Crippen molar-refractivity contribution in [3.8, 4) is 0 Å². The first-order valence-corrected chi connectivity index (χ1v) is 7.17. The zero-order chi connectivity index (χ0) is 14.4. The standard InChI is InChI=1S/C17H20ClNO/c1-13(15-7-5-8-16(18)12-15)19-17-9-4-3-6-14(17)10-11-20-2/h3-9,12-13,19H,10-11H2,1-2H3. The molecule has 2 rings (SSSR count). The van der Waals surface area contributed by atoms with Gasteiger partial charge >= 0.3 is 0 Å². The highest BCUT2D eigenvalue weighted by atomic mass is 35.5. The van der Waals surface area contributed by atoms with Crippen LogP contribution >= 0.6 is 11.6 Å². The van der Waals surface area contributed by atoms with Crippen LogP contribution in [0.5, 0.6) is 0 Å². The molecule has 0 aliphatic rings. The minimum absolute atomic E-state index is 0.206. The van der Waals surface area contributed by atoms with E-state index in [4.69, 9.17) is 16.3 Å². The lowest BCUT2D eigenvalue weighted by molar-refractivity contribution is 0.202. The van der Waals surface area contributed by atoms with E-state index in [1.54, 1.807) is 7.11 Å². The maximum atomic E-state index is 6.05. The number of para-hydroxylation sites is 1. The molecule has 20 heavy (non-hydrogen) atoms. The summed E-state index contributed by atoms with van der Waals surface area (Å²) >= 11 is 6.05. The van der Waals surface area contributed by atoms with Crippen molar-refractivity contribution in [2.24, 2.45) is 0 Å². The van der Waals surface area contributed by atoms with E-state index in [1.165, 1.54) is 11.1 Å². The number of rotatable bonds is 6. The number of nitrogens with one attached hydrogen (secondary N) is 1. The topological polar surface area (TPSA) is 21.3 Å². The molecule has 0 aromatic heterocycles. The summed E-state index contributed by atoms with van der Waals surface area (Å²) in [5, 5.41) is 4.32. The number of ether oxygens (including phenoxy) is 1. The van der Waals surface area contributed by atoms with Gasteiger partial charge in [-0.2, -0.15) is 0 Å². The number of methoxy groups -OCH3 is 1. The Balaban J connectivity index is 2.13. The molecule has 1 N–H and O–H groups in total. The van der Waals surface area contributed by atoms with Crippen LogP contribution in [0.2, 0.25) is 5.02 Å². The second kappa shape index (κ2) is 7.32. The zero-order valence-corrected chi connectivity index (χ0v) is 12.7. The highest BCUT2D eigenvalue weighted by molar-refractivity contribution is 6.30. The van der Waals surface area contributed by atoms with Crippen LogP contribution in [-0.2, 0) is 11.2 Å². The van der Waals surface area contributed by atoms with E-state index < -0.39 is 0 Å². The van der Waals surface area contributed by atoms with Gasteiger partial charge in [-0.1, -0.05) is 41.9 Å². The Hall–Kier alpha value is -1.51. The normalized spacial score (nSPS) is 12.2. The van der Waals surface area contributed by atoms with E-state index in [-0.39, 0.29) is 6.04 Å². The first-order valence-electron chi connectivity index (χ1n) is 6.79. The lowest BCUT2D eigenvalue weighted by atomic mass is 10.1. The smallest absolute Gasteiger partial charge is 0.0503 e. The van der Waals surface area contributed by atoms with Crippen LogP contribution in [0.3, 0.4) is 0 Å². The van der Waals surface area contributed by atoms with Crippen molar-refractivity contribution in [2.75, 3.05) is 19.0 Å². The van der Waals surface area contributed by atoms with Crippen molar-refractivity contribution < 1.29 is 4.74 Å². The highest BCUT2D eigenvalue weighted by Gasteiger charge is 2.08. The molecule has 106 valence electrons. The quantitative estimate of drug-likeness (QED) is 0.832. The molecule has 0 bridgehead atoms. The third-order valence-corrected chi connectivity index (χ3v) is 3.55. The van der Waals surface area contributed by atoms with Crippen LogP contribution < -0.4 is 5.32 Å². The van der Waals surface area contributed by atoms with Gasteiger partial charge in [0.1, 0.15) is 0 Å². The maximum absolute atomic E-state index is 6.05. The van der Waals surface area contributed by atoms with Crippen LogP contribution in [-0.4, -0.2) is 13.7 Å². The van der Waals surface area contributed by atoms with E-state index in [0.29, 0.717) is 0 Å². The highest BCUT2D eigenvalue weighted by Crippen LogP contribution is 2.24.